The third-order valence-corrected chi connectivity index (χ3v) is 2.83. The van der Waals surface area contributed by atoms with Crippen LogP contribution in [0.1, 0.15) is 28.4 Å². The second-order valence-corrected chi connectivity index (χ2v) is 4.21. The molecule has 1 unspecified atom stereocenters. The lowest BCUT2D eigenvalue weighted by atomic mass is 10.1. The largest absolute Gasteiger partial charge is 0.388 e. The van der Waals surface area contributed by atoms with Crippen molar-refractivity contribution < 1.29 is 9.90 Å². The molecule has 0 bridgehead atoms. The van der Waals surface area contributed by atoms with Crippen molar-refractivity contribution in [1.29, 1.82) is 0 Å². The SMILES string of the molecule is O=C(NCCC(O)c1ccccc1)c1ccncc1. The first-order chi connectivity index (χ1) is 9.27. The van der Waals surface area contributed by atoms with Gasteiger partial charge in [-0.3, -0.25) is 9.78 Å². The van der Waals surface area contributed by atoms with Gasteiger partial charge >= 0.3 is 0 Å². The lowest BCUT2D eigenvalue weighted by Gasteiger charge is -2.11. The Hall–Kier alpha value is -2.20. The van der Waals surface area contributed by atoms with Gasteiger partial charge in [0.25, 0.3) is 5.91 Å². The molecule has 19 heavy (non-hydrogen) atoms. The molecule has 0 radical (unpaired) electrons. The van der Waals surface area contributed by atoms with E-state index in [4.69, 9.17) is 0 Å². The Balaban J connectivity index is 1.79. The van der Waals surface area contributed by atoms with Crippen LogP contribution < -0.4 is 5.32 Å². The Kier molecular flexibility index (Phi) is 4.64. The van der Waals surface area contributed by atoms with Crippen LogP contribution in [0, 0.1) is 0 Å². The lowest BCUT2D eigenvalue weighted by molar-refractivity contribution is 0.0942. The summed E-state index contributed by atoms with van der Waals surface area (Å²) in [7, 11) is 0. The predicted molar refractivity (Wildman–Crippen MR) is 72.6 cm³/mol. The maximum absolute atomic E-state index is 11.7. The number of nitrogens with one attached hydrogen (secondary N) is 1. The average molecular weight is 256 g/mol. The first kappa shape index (κ1) is 13.2. The van der Waals surface area contributed by atoms with Crippen molar-refractivity contribution in [3.63, 3.8) is 0 Å². The highest BCUT2D eigenvalue weighted by Crippen LogP contribution is 2.14. The molecule has 0 spiro atoms. The number of hydrogen-bond acceptors (Lipinski definition) is 3. The molecule has 4 heteroatoms. The zero-order valence-electron chi connectivity index (χ0n) is 10.5. The summed E-state index contributed by atoms with van der Waals surface area (Å²) < 4.78 is 0. The van der Waals surface area contributed by atoms with E-state index in [0.717, 1.165) is 5.56 Å². The summed E-state index contributed by atoms with van der Waals surface area (Å²) in [4.78, 5) is 15.6. The van der Waals surface area contributed by atoms with E-state index < -0.39 is 6.10 Å². The first-order valence-corrected chi connectivity index (χ1v) is 6.18. The normalized spacial score (nSPS) is 11.8. The molecule has 4 nitrogen and oxygen atoms in total. The molecular formula is C15H16N2O2. The van der Waals surface area contributed by atoms with Crippen molar-refractivity contribution in [2.45, 2.75) is 12.5 Å². The highest BCUT2D eigenvalue weighted by atomic mass is 16.3. The topological polar surface area (TPSA) is 62.2 Å². The molecule has 1 aromatic carbocycles. The van der Waals surface area contributed by atoms with Crippen molar-refractivity contribution in [2.75, 3.05) is 6.54 Å². The van der Waals surface area contributed by atoms with E-state index in [0.29, 0.717) is 18.5 Å². The number of carbonyl (C=O) groups is 1. The first-order valence-electron chi connectivity index (χ1n) is 6.18. The summed E-state index contributed by atoms with van der Waals surface area (Å²) in [6.45, 7) is 0.428. The molecule has 1 amide bonds. The van der Waals surface area contributed by atoms with Crippen LogP contribution >= 0.6 is 0 Å². The molecule has 0 fully saturated rings. The second kappa shape index (κ2) is 6.66. The molecule has 98 valence electrons. The van der Waals surface area contributed by atoms with E-state index in [1.807, 2.05) is 30.3 Å². The molecule has 1 aromatic heterocycles. The highest BCUT2D eigenvalue weighted by Gasteiger charge is 2.08. The fourth-order valence-electron chi connectivity index (χ4n) is 1.77. The number of carbonyl (C=O) groups excluding carboxylic acids is 1. The fourth-order valence-corrected chi connectivity index (χ4v) is 1.77. The summed E-state index contributed by atoms with van der Waals surface area (Å²) in [6, 6.07) is 12.7. The highest BCUT2D eigenvalue weighted by molar-refractivity contribution is 5.93. The zero-order chi connectivity index (χ0) is 13.5. The number of rotatable bonds is 5. The van der Waals surface area contributed by atoms with Gasteiger partial charge in [-0.15, -0.1) is 0 Å². The molecule has 1 heterocycles. The van der Waals surface area contributed by atoms with Crippen LogP contribution in [0.4, 0.5) is 0 Å². The van der Waals surface area contributed by atoms with Gasteiger partial charge in [-0.2, -0.15) is 0 Å². The minimum Gasteiger partial charge on any atom is -0.388 e. The number of benzene rings is 1. The van der Waals surface area contributed by atoms with E-state index in [9.17, 15) is 9.90 Å². The van der Waals surface area contributed by atoms with Crippen molar-refractivity contribution in [2.24, 2.45) is 0 Å². The quantitative estimate of drug-likeness (QED) is 0.859. The van der Waals surface area contributed by atoms with Crippen molar-refractivity contribution in [3.05, 3.63) is 66.0 Å². The third-order valence-electron chi connectivity index (χ3n) is 2.83. The molecule has 0 saturated heterocycles. The summed E-state index contributed by atoms with van der Waals surface area (Å²) in [5, 5.41) is 12.7. The van der Waals surface area contributed by atoms with Crippen LogP contribution in [-0.2, 0) is 0 Å². The van der Waals surface area contributed by atoms with E-state index in [2.05, 4.69) is 10.3 Å². The summed E-state index contributed by atoms with van der Waals surface area (Å²) in [5.41, 5.74) is 1.44. The molecule has 0 aliphatic rings. The van der Waals surface area contributed by atoms with Gasteiger partial charge in [0.05, 0.1) is 6.10 Å². The molecule has 2 N–H and O–H groups in total. The molecule has 2 aromatic rings. The molecule has 1 atom stereocenters. The Morgan fingerprint density at radius 2 is 1.84 bits per heavy atom. The number of aromatic nitrogens is 1. The van der Waals surface area contributed by atoms with Gasteiger partial charge < -0.3 is 10.4 Å². The van der Waals surface area contributed by atoms with Gasteiger partial charge in [-0.25, -0.2) is 0 Å². The second-order valence-electron chi connectivity index (χ2n) is 4.21. The van der Waals surface area contributed by atoms with Crippen LogP contribution in [0.15, 0.2) is 54.9 Å². The number of aliphatic hydroxyl groups is 1. The predicted octanol–water partition coefficient (Wildman–Crippen LogP) is 1.94. The number of amides is 1. The number of hydrogen-bond donors (Lipinski definition) is 2. The van der Waals surface area contributed by atoms with Crippen molar-refractivity contribution in [3.8, 4) is 0 Å². The van der Waals surface area contributed by atoms with Crippen LogP contribution in [0.25, 0.3) is 0 Å². The third kappa shape index (κ3) is 3.89. The fraction of sp³-hybridized carbons (Fsp3) is 0.200. The lowest BCUT2D eigenvalue weighted by Crippen LogP contribution is -2.25. The Labute approximate surface area is 112 Å². The smallest absolute Gasteiger partial charge is 0.251 e. The van der Waals surface area contributed by atoms with Crippen LogP contribution in [0.3, 0.4) is 0 Å². The number of pyridine rings is 1. The monoisotopic (exact) mass is 256 g/mol. The maximum Gasteiger partial charge on any atom is 0.251 e. The molecular weight excluding hydrogens is 240 g/mol. The Morgan fingerprint density at radius 1 is 1.16 bits per heavy atom. The van der Waals surface area contributed by atoms with Gasteiger partial charge in [-0.1, -0.05) is 30.3 Å². The van der Waals surface area contributed by atoms with Gasteiger partial charge in [-0.05, 0) is 24.1 Å². The van der Waals surface area contributed by atoms with E-state index in [1.165, 1.54) is 0 Å². The number of aliphatic hydroxyl groups excluding tert-OH is 1. The van der Waals surface area contributed by atoms with Gasteiger partial charge in [0.2, 0.25) is 0 Å². The Morgan fingerprint density at radius 3 is 2.53 bits per heavy atom. The van der Waals surface area contributed by atoms with Gasteiger partial charge in [0, 0.05) is 24.5 Å². The van der Waals surface area contributed by atoms with Crippen molar-refractivity contribution >= 4 is 5.91 Å². The van der Waals surface area contributed by atoms with Crippen molar-refractivity contribution in [1.82, 2.24) is 10.3 Å². The molecule has 2 rings (SSSR count). The van der Waals surface area contributed by atoms with E-state index in [-0.39, 0.29) is 5.91 Å². The average Bonchev–Trinajstić information content (AvgIpc) is 2.49. The minimum absolute atomic E-state index is 0.150. The summed E-state index contributed by atoms with van der Waals surface area (Å²) in [6.07, 6.45) is 3.08. The van der Waals surface area contributed by atoms with Gasteiger partial charge in [0.15, 0.2) is 0 Å². The summed E-state index contributed by atoms with van der Waals surface area (Å²) >= 11 is 0. The molecule has 0 aliphatic carbocycles. The van der Waals surface area contributed by atoms with E-state index in [1.54, 1.807) is 24.5 Å². The van der Waals surface area contributed by atoms with Crippen LogP contribution in [0.2, 0.25) is 0 Å². The zero-order valence-corrected chi connectivity index (χ0v) is 10.5. The summed E-state index contributed by atoms with van der Waals surface area (Å²) in [5.74, 6) is -0.150. The van der Waals surface area contributed by atoms with Crippen LogP contribution in [-0.4, -0.2) is 22.5 Å². The van der Waals surface area contributed by atoms with Gasteiger partial charge in [0.1, 0.15) is 0 Å². The van der Waals surface area contributed by atoms with E-state index >= 15 is 0 Å². The Bertz CT molecular complexity index is 514. The maximum atomic E-state index is 11.7. The molecule has 0 aliphatic heterocycles. The van der Waals surface area contributed by atoms with Crippen LogP contribution in [0.5, 0.6) is 0 Å². The molecule has 0 saturated carbocycles. The standard InChI is InChI=1S/C15H16N2O2/c18-14(12-4-2-1-3-5-12)8-11-17-15(19)13-6-9-16-10-7-13/h1-7,9-10,14,18H,8,11H2,(H,17,19). The minimum atomic E-state index is -0.557. The number of nitrogens with zero attached hydrogens (tertiary/aromatic N) is 1.